The lowest BCUT2D eigenvalue weighted by Gasteiger charge is -2.25. The van der Waals surface area contributed by atoms with Crippen LogP contribution in [0, 0.1) is 19.3 Å². The van der Waals surface area contributed by atoms with E-state index in [0.29, 0.717) is 0 Å². The molecule has 4 nitrogen and oxygen atoms in total. The Bertz CT molecular complexity index is 552. The van der Waals surface area contributed by atoms with Gasteiger partial charge in [0.15, 0.2) is 0 Å². The van der Waals surface area contributed by atoms with Crippen LogP contribution in [-0.4, -0.2) is 17.9 Å². The summed E-state index contributed by atoms with van der Waals surface area (Å²) in [5.41, 5.74) is 1.83. The molecule has 0 atom stereocenters. The Balaban J connectivity index is 2.03. The first kappa shape index (κ1) is 16.5. The summed E-state index contributed by atoms with van der Waals surface area (Å²) in [5.74, 6) is -0.464. The Morgan fingerprint density at radius 1 is 1.00 bits per heavy atom. The molecule has 1 aliphatic rings. The Hall–Kier alpha value is -1.84. The van der Waals surface area contributed by atoms with E-state index in [-0.39, 0.29) is 17.9 Å². The SMILES string of the molecule is Cc1cc(C)cc(NC(=O)C(C)(C)C(=O)NC2CCCC2)c1. The van der Waals surface area contributed by atoms with E-state index in [4.69, 9.17) is 0 Å². The van der Waals surface area contributed by atoms with E-state index in [1.165, 1.54) is 0 Å². The number of hydrogen-bond acceptors (Lipinski definition) is 2. The maximum atomic E-state index is 12.5. The van der Waals surface area contributed by atoms with E-state index < -0.39 is 5.41 Å². The number of aryl methyl sites for hydroxylation is 2. The van der Waals surface area contributed by atoms with Gasteiger partial charge in [-0.1, -0.05) is 18.9 Å². The lowest BCUT2D eigenvalue weighted by Crippen LogP contribution is -2.47. The van der Waals surface area contributed by atoms with E-state index in [2.05, 4.69) is 10.6 Å². The molecule has 0 aromatic heterocycles. The second-order valence-corrected chi connectivity index (χ2v) is 6.91. The summed E-state index contributed by atoms with van der Waals surface area (Å²) < 4.78 is 0. The van der Waals surface area contributed by atoms with Crippen molar-refractivity contribution in [2.24, 2.45) is 5.41 Å². The molecular formula is C18H26N2O2. The second-order valence-electron chi connectivity index (χ2n) is 6.91. The molecule has 1 aromatic rings. The van der Waals surface area contributed by atoms with Gasteiger partial charge in [0.05, 0.1) is 0 Å². The van der Waals surface area contributed by atoms with Crippen molar-refractivity contribution in [2.45, 2.75) is 59.4 Å². The van der Waals surface area contributed by atoms with Crippen molar-refractivity contribution in [3.8, 4) is 0 Å². The van der Waals surface area contributed by atoms with Crippen molar-refractivity contribution >= 4 is 17.5 Å². The van der Waals surface area contributed by atoms with Gasteiger partial charge >= 0.3 is 0 Å². The van der Waals surface area contributed by atoms with E-state index in [1.807, 2.05) is 32.0 Å². The van der Waals surface area contributed by atoms with E-state index in [0.717, 1.165) is 42.5 Å². The third-order valence-electron chi connectivity index (χ3n) is 4.31. The molecule has 0 bridgehead atoms. The minimum Gasteiger partial charge on any atom is -0.352 e. The highest BCUT2D eigenvalue weighted by molar-refractivity contribution is 6.10. The van der Waals surface area contributed by atoms with Crippen molar-refractivity contribution in [2.75, 3.05) is 5.32 Å². The van der Waals surface area contributed by atoms with Crippen LogP contribution in [0.25, 0.3) is 0 Å². The van der Waals surface area contributed by atoms with Crippen molar-refractivity contribution in [3.05, 3.63) is 29.3 Å². The fourth-order valence-electron chi connectivity index (χ4n) is 2.87. The van der Waals surface area contributed by atoms with Crippen LogP contribution in [0.1, 0.15) is 50.7 Å². The van der Waals surface area contributed by atoms with Crippen molar-refractivity contribution in [3.63, 3.8) is 0 Å². The van der Waals surface area contributed by atoms with Crippen LogP contribution in [0.5, 0.6) is 0 Å². The molecule has 4 heteroatoms. The summed E-state index contributed by atoms with van der Waals surface area (Å²) in [6.07, 6.45) is 4.33. The van der Waals surface area contributed by atoms with E-state index in [9.17, 15) is 9.59 Å². The maximum Gasteiger partial charge on any atom is 0.239 e. The topological polar surface area (TPSA) is 58.2 Å². The molecule has 2 amide bonds. The first-order chi connectivity index (χ1) is 10.3. The fourth-order valence-corrected chi connectivity index (χ4v) is 2.87. The number of anilines is 1. The molecule has 0 radical (unpaired) electrons. The lowest BCUT2D eigenvalue weighted by atomic mass is 9.90. The molecule has 1 fully saturated rings. The number of nitrogens with one attached hydrogen (secondary N) is 2. The average molecular weight is 302 g/mol. The number of amides is 2. The minimum atomic E-state index is -1.08. The highest BCUT2D eigenvalue weighted by atomic mass is 16.2. The molecule has 2 N–H and O–H groups in total. The van der Waals surface area contributed by atoms with Crippen LogP contribution in [-0.2, 0) is 9.59 Å². The smallest absolute Gasteiger partial charge is 0.239 e. The van der Waals surface area contributed by atoms with Crippen LogP contribution >= 0.6 is 0 Å². The Morgan fingerprint density at radius 3 is 2.09 bits per heavy atom. The number of carbonyl (C=O) groups is 2. The molecule has 0 saturated heterocycles. The summed E-state index contributed by atoms with van der Waals surface area (Å²) in [4.78, 5) is 24.9. The predicted molar refractivity (Wildman–Crippen MR) is 88.7 cm³/mol. The zero-order valence-electron chi connectivity index (χ0n) is 14.0. The van der Waals surface area contributed by atoms with Gasteiger partial charge in [0, 0.05) is 11.7 Å². The molecule has 22 heavy (non-hydrogen) atoms. The number of rotatable bonds is 4. The first-order valence-corrected chi connectivity index (χ1v) is 8.00. The fraction of sp³-hybridized carbons (Fsp3) is 0.556. The molecule has 120 valence electrons. The van der Waals surface area contributed by atoms with Gasteiger partial charge < -0.3 is 10.6 Å². The third-order valence-corrected chi connectivity index (χ3v) is 4.31. The van der Waals surface area contributed by atoms with E-state index in [1.54, 1.807) is 13.8 Å². The summed E-state index contributed by atoms with van der Waals surface area (Å²) in [7, 11) is 0. The van der Waals surface area contributed by atoms with Gasteiger partial charge in [-0.25, -0.2) is 0 Å². The van der Waals surface area contributed by atoms with Crippen molar-refractivity contribution in [1.29, 1.82) is 0 Å². The summed E-state index contributed by atoms with van der Waals surface area (Å²) in [5, 5.41) is 5.88. The predicted octanol–water partition coefficient (Wildman–Crippen LogP) is 3.33. The van der Waals surface area contributed by atoms with Crippen LogP contribution < -0.4 is 10.6 Å². The van der Waals surface area contributed by atoms with Gasteiger partial charge in [0.1, 0.15) is 5.41 Å². The highest BCUT2D eigenvalue weighted by Gasteiger charge is 2.37. The molecule has 0 unspecified atom stereocenters. The van der Waals surface area contributed by atoms with Gasteiger partial charge in [-0.05, 0) is 63.8 Å². The van der Waals surface area contributed by atoms with Crippen molar-refractivity contribution < 1.29 is 9.59 Å². The highest BCUT2D eigenvalue weighted by Crippen LogP contribution is 2.23. The monoisotopic (exact) mass is 302 g/mol. The Labute approximate surface area is 132 Å². The van der Waals surface area contributed by atoms with E-state index >= 15 is 0 Å². The summed E-state index contributed by atoms with van der Waals surface area (Å²) >= 11 is 0. The quantitative estimate of drug-likeness (QED) is 0.838. The molecule has 0 spiro atoms. The molecular weight excluding hydrogens is 276 g/mol. The van der Waals surface area contributed by atoms with Crippen molar-refractivity contribution in [1.82, 2.24) is 5.32 Å². The molecule has 0 aliphatic heterocycles. The maximum absolute atomic E-state index is 12.5. The van der Waals surface area contributed by atoms with Gasteiger partial charge in [-0.2, -0.15) is 0 Å². The van der Waals surface area contributed by atoms with Crippen LogP contribution in [0.3, 0.4) is 0 Å². The largest absolute Gasteiger partial charge is 0.352 e. The zero-order valence-corrected chi connectivity index (χ0v) is 14.0. The second kappa shape index (κ2) is 6.51. The van der Waals surface area contributed by atoms with Gasteiger partial charge in [-0.3, -0.25) is 9.59 Å². The third kappa shape index (κ3) is 3.87. The zero-order chi connectivity index (χ0) is 16.3. The molecule has 1 saturated carbocycles. The molecule has 1 aromatic carbocycles. The summed E-state index contributed by atoms with van der Waals surface area (Å²) in [6.45, 7) is 7.33. The Kier molecular flexibility index (Phi) is 4.89. The number of hydrogen-bond donors (Lipinski definition) is 2. The summed E-state index contributed by atoms with van der Waals surface area (Å²) in [6, 6.07) is 6.10. The lowest BCUT2D eigenvalue weighted by molar-refractivity contribution is -0.138. The number of carbonyl (C=O) groups excluding carboxylic acids is 2. The van der Waals surface area contributed by atoms with Gasteiger partial charge in [0.25, 0.3) is 0 Å². The molecule has 0 heterocycles. The molecule has 1 aliphatic carbocycles. The normalized spacial score (nSPS) is 15.6. The van der Waals surface area contributed by atoms with Crippen LogP contribution in [0.4, 0.5) is 5.69 Å². The standard InChI is InChI=1S/C18H26N2O2/c1-12-9-13(2)11-15(10-12)20-17(22)18(3,4)16(21)19-14-7-5-6-8-14/h9-11,14H,5-8H2,1-4H3,(H,19,21)(H,20,22). The number of benzene rings is 1. The van der Waals surface area contributed by atoms with Crippen LogP contribution in [0.2, 0.25) is 0 Å². The molecule has 2 rings (SSSR count). The first-order valence-electron chi connectivity index (χ1n) is 8.00. The van der Waals surface area contributed by atoms with Gasteiger partial charge in [-0.15, -0.1) is 0 Å². The minimum absolute atomic E-state index is 0.193. The Morgan fingerprint density at radius 2 is 1.55 bits per heavy atom. The van der Waals surface area contributed by atoms with Gasteiger partial charge in [0.2, 0.25) is 11.8 Å². The van der Waals surface area contributed by atoms with Crippen LogP contribution in [0.15, 0.2) is 18.2 Å². The average Bonchev–Trinajstić information content (AvgIpc) is 2.90.